The first-order chi connectivity index (χ1) is 8.42. The van der Waals surface area contributed by atoms with Crippen LogP contribution in [0.3, 0.4) is 0 Å². The van der Waals surface area contributed by atoms with E-state index in [4.69, 9.17) is 0 Å². The lowest BCUT2D eigenvalue weighted by atomic mass is 9.96. The predicted molar refractivity (Wildman–Crippen MR) is 72.2 cm³/mol. The molecule has 1 saturated heterocycles. The molecule has 0 aromatic rings. The number of nitrogens with one attached hydrogen (secondary N) is 1. The molecule has 1 fully saturated rings. The van der Waals surface area contributed by atoms with E-state index in [0.717, 1.165) is 39.0 Å². The summed E-state index contributed by atoms with van der Waals surface area (Å²) in [5.74, 6) is 0.578. The normalized spacial score (nSPS) is 18.0. The fourth-order valence-corrected chi connectivity index (χ4v) is 2.71. The van der Waals surface area contributed by atoms with Crippen LogP contribution in [0.15, 0.2) is 0 Å². The van der Waals surface area contributed by atoms with E-state index >= 15 is 0 Å². The van der Waals surface area contributed by atoms with Crippen LogP contribution in [0.25, 0.3) is 0 Å². The Morgan fingerprint density at radius 2 is 1.94 bits per heavy atom. The number of amides is 1. The van der Waals surface area contributed by atoms with Gasteiger partial charge in [0.05, 0.1) is 5.75 Å². The number of likely N-dealkylation sites (tertiary alicyclic amines) is 1. The molecule has 0 aromatic heterocycles. The Balaban J connectivity index is 2.27. The van der Waals surface area contributed by atoms with Crippen molar-refractivity contribution in [3.8, 4) is 0 Å². The first-order valence-corrected chi connectivity index (χ1v) is 8.64. The highest BCUT2D eigenvalue weighted by Crippen LogP contribution is 2.17. The summed E-state index contributed by atoms with van der Waals surface area (Å²) in [4.78, 5) is 13.6. The average molecular weight is 276 g/mol. The highest BCUT2D eigenvalue weighted by atomic mass is 32.2. The Morgan fingerprint density at radius 3 is 2.44 bits per heavy atom. The molecule has 106 valence electrons. The largest absolute Gasteiger partial charge is 0.343 e. The molecule has 1 N–H and O–H groups in total. The average Bonchev–Trinajstić information content (AvgIpc) is 2.33. The van der Waals surface area contributed by atoms with E-state index < -0.39 is 9.84 Å². The molecular formula is C12H24N2O3S. The van der Waals surface area contributed by atoms with Crippen LogP contribution in [0.5, 0.6) is 0 Å². The number of hydrogen-bond acceptors (Lipinski definition) is 4. The van der Waals surface area contributed by atoms with Gasteiger partial charge in [0.15, 0.2) is 0 Å². The molecular weight excluding hydrogens is 252 g/mol. The third-order valence-corrected chi connectivity index (χ3v) is 4.28. The van der Waals surface area contributed by atoms with Crippen molar-refractivity contribution in [1.29, 1.82) is 0 Å². The molecule has 18 heavy (non-hydrogen) atoms. The predicted octanol–water partition coefficient (Wildman–Crippen LogP) is 0.269. The van der Waals surface area contributed by atoms with Crippen molar-refractivity contribution in [3.63, 3.8) is 0 Å². The van der Waals surface area contributed by atoms with Crippen LogP contribution >= 0.6 is 0 Å². The van der Waals surface area contributed by atoms with Crippen molar-refractivity contribution in [2.24, 2.45) is 5.92 Å². The lowest BCUT2D eigenvalue weighted by Crippen LogP contribution is -2.41. The van der Waals surface area contributed by atoms with E-state index in [2.05, 4.69) is 12.2 Å². The van der Waals surface area contributed by atoms with E-state index in [1.807, 2.05) is 0 Å². The molecule has 0 unspecified atom stereocenters. The topological polar surface area (TPSA) is 66.5 Å². The van der Waals surface area contributed by atoms with Gasteiger partial charge < -0.3 is 10.2 Å². The van der Waals surface area contributed by atoms with Crippen molar-refractivity contribution in [2.45, 2.75) is 26.2 Å². The summed E-state index contributed by atoms with van der Waals surface area (Å²) in [6.45, 7) is 5.61. The van der Waals surface area contributed by atoms with E-state index in [9.17, 15) is 13.2 Å². The van der Waals surface area contributed by atoms with Gasteiger partial charge in [0.2, 0.25) is 5.91 Å². The summed E-state index contributed by atoms with van der Waals surface area (Å²) in [5.41, 5.74) is 0. The Kier molecular flexibility index (Phi) is 6.08. The first-order valence-electron chi connectivity index (χ1n) is 6.58. The molecule has 0 atom stereocenters. The number of piperidine rings is 1. The SMILES string of the molecule is CCNCC1CCN(C(=O)CCS(C)(=O)=O)CC1. The number of nitrogens with zero attached hydrogens (tertiary/aromatic N) is 1. The number of hydrogen-bond donors (Lipinski definition) is 1. The molecule has 5 nitrogen and oxygen atoms in total. The van der Waals surface area contributed by atoms with Crippen molar-refractivity contribution in [2.75, 3.05) is 38.2 Å². The fraction of sp³-hybridized carbons (Fsp3) is 0.917. The van der Waals surface area contributed by atoms with Crippen molar-refractivity contribution in [1.82, 2.24) is 10.2 Å². The molecule has 1 aliphatic heterocycles. The Hall–Kier alpha value is -0.620. The molecule has 1 amide bonds. The van der Waals surface area contributed by atoms with Crippen molar-refractivity contribution >= 4 is 15.7 Å². The Bertz CT molecular complexity index is 360. The lowest BCUT2D eigenvalue weighted by Gasteiger charge is -2.32. The lowest BCUT2D eigenvalue weighted by molar-refractivity contribution is -0.132. The molecule has 0 saturated carbocycles. The first kappa shape index (κ1) is 15.4. The zero-order valence-electron chi connectivity index (χ0n) is 11.3. The van der Waals surface area contributed by atoms with Gasteiger partial charge in [0.1, 0.15) is 9.84 Å². The minimum Gasteiger partial charge on any atom is -0.343 e. The number of carbonyl (C=O) groups excluding carboxylic acids is 1. The highest BCUT2D eigenvalue weighted by molar-refractivity contribution is 7.90. The van der Waals surface area contributed by atoms with Gasteiger partial charge >= 0.3 is 0 Å². The highest BCUT2D eigenvalue weighted by Gasteiger charge is 2.22. The summed E-state index contributed by atoms with van der Waals surface area (Å²) in [5, 5.41) is 3.32. The van der Waals surface area contributed by atoms with Crippen LogP contribution in [-0.2, 0) is 14.6 Å². The monoisotopic (exact) mass is 276 g/mol. The third kappa shape index (κ3) is 5.82. The molecule has 1 rings (SSSR count). The summed E-state index contributed by atoms with van der Waals surface area (Å²) < 4.78 is 22.0. The fourth-order valence-electron chi connectivity index (χ4n) is 2.17. The molecule has 1 aliphatic rings. The van der Waals surface area contributed by atoms with Crippen LogP contribution in [0.1, 0.15) is 26.2 Å². The Labute approximate surface area is 110 Å². The van der Waals surface area contributed by atoms with Crippen molar-refractivity contribution < 1.29 is 13.2 Å². The quantitative estimate of drug-likeness (QED) is 0.756. The second-order valence-electron chi connectivity index (χ2n) is 5.01. The zero-order chi connectivity index (χ0) is 13.6. The van der Waals surface area contributed by atoms with Gasteiger partial charge in [-0.25, -0.2) is 8.42 Å². The van der Waals surface area contributed by atoms with Gasteiger partial charge in [0, 0.05) is 25.8 Å². The second-order valence-corrected chi connectivity index (χ2v) is 7.27. The Morgan fingerprint density at radius 1 is 1.33 bits per heavy atom. The van der Waals surface area contributed by atoms with Crippen LogP contribution in [0, 0.1) is 5.92 Å². The van der Waals surface area contributed by atoms with E-state index in [-0.39, 0.29) is 18.1 Å². The van der Waals surface area contributed by atoms with Gasteiger partial charge in [-0.15, -0.1) is 0 Å². The van der Waals surface area contributed by atoms with Crippen LogP contribution in [0.4, 0.5) is 0 Å². The second kappa shape index (κ2) is 7.09. The maximum Gasteiger partial charge on any atom is 0.223 e. The third-order valence-electron chi connectivity index (χ3n) is 3.34. The van der Waals surface area contributed by atoms with Gasteiger partial charge in [0.25, 0.3) is 0 Å². The summed E-state index contributed by atoms with van der Waals surface area (Å²) in [7, 11) is -3.04. The van der Waals surface area contributed by atoms with E-state index in [1.165, 1.54) is 6.26 Å². The van der Waals surface area contributed by atoms with Gasteiger partial charge in [-0.05, 0) is 31.8 Å². The maximum absolute atomic E-state index is 11.8. The molecule has 6 heteroatoms. The minimum absolute atomic E-state index is 0.0256. The van der Waals surface area contributed by atoms with Crippen molar-refractivity contribution in [3.05, 3.63) is 0 Å². The van der Waals surface area contributed by atoms with Gasteiger partial charge in [-0.3, -0.25) is 4.79 Å². The maximum atomic E-state index is 11.8. The zero-order valence-corrected chi connectivity index (χ0v) is 12.1. The molecule has 0 spiro atoms. The van der Waals surface area contributed by atoms with E-state index in [0.29, 0.717) is 5.92 Å². The number of rotatable bonds is 6. The summed E-state index contributed by atoms with van der Waals surface area (Å²) in [6, 6.07) is 0. The summed E-state index contributed by atoms with van der Waals surface area (Å²) >= 11 is 0. The van der Waals surface area contributed by atoms with Gasteiger partial charge in [-0.2, -0.15) is 0 Å². The standard InChI is InChI=1S/C12H24N2O3S/c1-3-13-10-11-4-7-14(8-5-11)12(15)6-9-18(2,16)17/h11,13H,3-10H2,1-2H3. The smallest absolute Gasteiger partial charge is 0.223 e. The minimum atomic E-state index is -3.04. The number of sulfone groups is 1. The van der Waals surface area contributed by atoms with Crippen LogP contribution in [-0.4, -0.2) is 57.4 Å². The molecule has 0 bridgehead atoms. The van der Waals surface area contributed by atoms with Gasteiger partial charge in [-0.1, -0.05) is 6.92 Å². The summed E-state index contributed by atoms with van der Waals surface area (Å²) in [6.07, 6.45) is 3.31. The molecule has 0 aliphatic carbocycles. The molecule has 0 radical (unpaired) electrons. The van der Waals surface area contributed by atoms with E-state index in [1.54, 1.807) is 4.90 Å². The number of carbonyl (C=O) groups is 1. The molecule has 1 heterocycles. The molecule has 0 aromatic carbocycles. The van der Waals surface area contributed by atoms with Crippen LogP contribution < -0.4 is 5.32 Å². The van der Waals surface area contributed by atoms with Crippen LogP contribution in [0.2, 0.25) is 0 Å².